The second kappa shape index (κ2) is 15.6. The van der Waals surface area contributed by atoms with Crippen LogP contribution in [0, 0.1) is 11.8 Å². The number of carbonyl (C=O) groups excluding carboxylic acids is 3. The van der Waals surface area contributed by atoms with Gasteiger partial charge in [-0.3, -0.25) is 14.5 Å². The van der Waals surface area contributed by atoms with E-state index in [9.17, 15) is 19.2 Å². The lowest BCUT2D eigenvalue weighted by atomic mass is 9.81. The molecule has 2 fully saturated rings. The first-order chi connectivity index (χ1) is 24.8. The number of nitrogens with one attached hydrogen (secondary N) is 3. The molecule has 2 aromatic carbocycles. The van der Waals surface area contributed by atoms with E-state index in [0.717, 1.165) is 61.5 Å². The highest BCUT2D eigenvalue weighted by Crippen LogP contribution is 2.34. The summed E-state index contributed by atoms with van der Waals surface area (Å²) < 4.78 is 5.38. The van der Waals surface area contributed by atoms with Gasteiger partial charge in [-0.1, -0.05) is 24.3 Å². The van der Waals surface area contributed by atoms with Gasteiger partial charge in [0.1, 0.15) is 17.5 Å². The summed E-state index contributed by atoms with van der Waals surface area (Å²) in [6.07, 6.45) is 4.22. The number of ether oxygens (including phenoxy) is 1. The number of imidazole rings is 1. The highest BCUT2D eigenvalue weighted by Gasteiger charge is 2.36. The third-order valence-electron chi connectivity index (χ3n) is 10.0. The van der Waals surface area contributed by atoms with E-state index >= 15 is 0 Å². The molecule has 0 bridgehead atoms. The van der Waals surface area contributed by atoms with E-state index < -0.39 is 23.6 Å². The van der Waals surface area contributed by atoms with Gasteiger partial charge in [-0.25, -0.2) is 14.6 Å². The van der Waals surface area contributed by atoms with E-state index in [-0.39, 0.29) is 29.9 Å². The largest absolute Gasteiger partial charge is 0.444 e. The molecule has 0 spiro atoms. The molecule has 2 aliphatic rings. The summed E-state index contributed by atoms with van der Waals surface area (Å²) in [6.45, 7) is 9.70. The molecule has 0 unspecified atom stereocenters. The first kappa shape index (κ1) is 36.6. The highest BCUT2D eigenvalue weighted by molar-refractivity contribution is 6.02. The van der Waals surface area contributed by atoms with Crippen LogP contribution in [0.2, 0.25) is 0 Å². The minimum Gasteiger partial charge on any atom is -0.444 e. The average molecular weight is 711 g/mol. The highest BCUT2D eigenvalue weighted by atomic mass is 16.6. The molecule has 1 saturated carbocycles. The topological polar surface area (TPSA) is 170 Å². The van der Waals surface area contributed by atoms with Crippen molar-refractivity contribution in [2.24, 2.45) is 17.6 Å². The lowest BCUT2D eigenvalue weighted by Gasteiger charge is -2.36. The zero-order valence-electron chi connectivity index (χ0n) is 30.5. The normalized spacial score (nSPS) is 18.9. The second-order valence-electron chi connectivity index (χ2n) is 15.1. The molecule has 276 valence electrons. The van der Waals surface area contributed by atoms with Crippen molar-refractivity contribution in [2.75, 3.05) is 49.6 Å². The Morgan fingerprint density at radius 3 is 2.38 bits per heavy atom. The van der Waals surface area contributed by atoms with Gasteiger partial charge >= 0.3 is 11.8 Å². The van der Waals surface area contributed by atoms with E-state index in [1.54, 1.807) is 18.2 Å². The number of amides is 3. The first-order valence-corrected chi connectivity index (χ1v) is 18.1. The lowest BCUT2D eigenvalue weighted by Crippen LogP contribution is -2.52. The molecule has 2 aromatic heterocycles. The number of nitrogens with two attached hydrogens (primary N) is 1. The summed E-state index contributed by atoms with van der Waals surface area (Å²) in [4.78, 5) is 68.5. The van der Waals surface area contributed by atoms with Gasteiger partial charge in [0, 0.05) is 56.9 Å². The number of benzene rings is 2. The maximum absolute atomic E-state index is 14.5. The molecule has 1 aliphatic carbocycles. The monoisotopic (exact) mass is 710 g/mol. The van der Waals surface area contributed by atoms with E-state index in [0.29, 0.717) is 36.1 Å². The predicted octanol–water partition coefficient (Wildman–Crippen LogP) is 4.43. The predicted molar refractivity (Wildman–Crippen MR) is 202 cm³/mol. The fourth-order valence-corrected chi connectivity index (χ4v) is 7.21. The summed E-state index contributed by atoms with van der Waals surface area (Å²) >= 11 is 0. The van der Waals surface area contributed by atoms with Crippen molar-refractivity contribution in [3.8, 4) is 11.1 Å². The van der Waals surface area contributed by atoms with Crippen LogP contribution in [0.1, 0.15) is 52.0 Å². The molecule has 1 saturated heterocycles. The zero-order valence-corrected chi connectivity index (χ0v) is 30.5. The van der Waals surface area contributed by atoms with Crippen LogP contribution in [-0.4, -0.2) is 89.2 Å². The Balaban J connectivity index is 1.23. The van der Waals surface area contributed by atoms with Crippen LogP contribution in [0.3, 0.4) is 0 Å². The van der Waals surface area contributed by atoms with E-state index in [4.69, 9.17) is 10.5 Å². The van der Waals surface area contributed by atoms with Gasteiger partial charge in [0.2, 0.25) is 11.8 Å². The molecule has 6 rings (SSSR count). The summed E-state index contributed by atoms with van der Waals surface area (Å²) in [5, 5.41) is 2.86. The first-order valence-electron chi connectivity index (χ1n) is 18.1. The molecule has 0 radical (unpaired) electrons. The van der Waals surface area contributed by atoms with Gasteiger partial charge in [0.25, 0.3) is 0 Å². The zero-order chi connectivity index (χ0) is 37.0. The Labute approximate surface area is 303 Å². The second-order valence-corrected chi connectivity index (χ2v) is 15.1. The average Bonchev–Trinajstić information content (AvgIpc) is 3.49. The standard InChI is InChI=1S/C39H50N8O5/c1-39(2,3)52-38(51)42-24-25-8-10-27(11-9-25)36(49)47(30-12-13-31-32(23-30)44-37(50)43-31)33(35(40)48)21-26-6-5-7-28(20-26)29-14-15-41-34(22-29)46-18-16-45(4)17-19-46/h5-7,12-15,20,22-23,25,27,33H,8-11,16-19,21,24H2,1-4H3,(H2,40,48)(H,42,51)(H2,43,44,50)/t25?,27?,33-/m0/s1. The van der Waals surface area contributed by atoms with E-state index in [1.165, 1.54) is 4.90 Å². The number of nitrogens with zero attached hydrogens (tertiary/aromatic N) is 4. The van der Waals surface area contributed by atoms with E-state index in [2.05, 4.69) is 43.2 Å². The third-order valence-corrected chi connectivity index (χ3v) is 10.0. The van der Waals surface area contributed by atoms with Gasteiger partial charge in [0.05, 0.1) is 11.0 Å². The fraction of sp³-hybridized carbons (Fsp3) is 0.462. The van der Waals surface area contributed by atoms with Crippen LogP contribution < -0.4 is 26.5 Å². The number of anilines is 2. The number of likely N-dealkylation sites (N-methyl/N-ethyl adjacent to an activating group) is 1. The number of rotatable bonds is 10. The molecule has 3 amide bonds. The van der Waals surface area contributed by atoms with Gasteiger partial charge < -0.3 is 35.6 Å². The van der Waals surface area contributed by atoms with Crippen molar-refractivity contribution in [1.29, 1.82) is 0 Å². The Morgan fingerprint density at radius 2 is 1.67 bits per heavy atom. The van der Waals surface area contributed by atoms with Crippen molar-refractivity contribution in [3.05, 3.63) is 76.8 Å². The van der Waals surface area contributed by atoms with E-state index in [1.807, 2.05) is 57.3 Å². The quantitative estimate of drug-likeness (QED) is 0.187. The Morgan fingerprint density at radius 1 is 0.962 bits per heavy atom. The summed E-state index contributed by atoms with van der Waals surface area (Å²) in [5.41, 5.74) is 9.62. The van der Waals surface area contributed by atoms with Crippen LogP contribution in [0.15, 0.2) is 65.6 Å². The number of hydrogen-bond acceptors (Lipinski definition) is 8. The van der Waals surface area contributed by atoms with Crippen LogP contribution in [0.5, 0.6) is 0 Å². The van der Waals surface area contributed by atoms with Crippen molar-refractivity contribution < 1.29 is 19.1 Å². The maximum atomic E-state index is 14.5. The van der Waals surface area contributed by atoms with Gasteiger partial charge in [-0.15, -0.1) is 0 Å². The molecule has 3 heterocycles. The van der Waals surface area contributed by atoms with Crippen LogP contribution in [0.25, 0.3) is 22.2 Å². The lowest BCUT2D eigenvalue weighted by molar-refractivity contribution is -0.127. The Bertz CT molecular complexity index is 1950. The number of pyridine rings is 1. The number of primary amides is 1. The van der Waals surface area contributed by atoms with Gasteiger partial charge in [-0.2, -0.15) is 0 Å². The van der Waals surface area contributed by atoms with Gasteiger partial charge in [-0.05, 0) is 106 Å². The van der Waals surface area contributed by atoms with Gasteiger partial charge in [0.15, 0.2) is 0 Å². The van der Waals surface area contributed by atoms with Crippen LogP contribution in [-0.2, 0) is 20.7 Å². The molecule has 4 aromatic rings. The number of fused-ring (bicyclic) bond motifs is 1. The number of aromatic amines is 2. The SMILES string of the molecule is CN1CCN(c2cc(-c3cccc(C[C@@H](C(N)=O)N(C(=O)C4CCC(CNC(=O)OC(C)(C)C)CC4)c4ccc5[nH]c(=O)[nH]c5c4)c3)ccn2)CC1. The van der Waals surface area contributed by atoms with Crippen molar-refractivity contribution in [2.45, 2.75) is 64.5 Å². The summed E-state index contributed by atoms with van der Waals surface area (Å²) in [7, 11) is 2.12. The minimum atomic E-state index is -0.990. The minimum absolute atomic E-state index is 0.193. The number of piperazine rings is 1. The Hall–Kier alpha value is -5.17. The maximum Gasteiger partial charge on any atom is 0.407 e. The smallest absolute Gasteiger partial charge is 0.407 e. The molecule has 52 heavy (non-hydrogen) atoms. The molecule has 13 heteroatoms. The number of carbonyl (C=O) groups is 3. The van der Waals surface area contributed by atoms with Crippen molar-refractivity contribution in [3.63, 3.8) is 0 Å². The summed E-state index contributed by atoms with van der Waals surface area (Å²) in [6, 6.07) is 16.2. The van der Waals surface area contributed by atoms with Crippen molar-refractivity contribution >= 4 is 40.4 Å². The van der Waals surface area contributed by atoms with Crippen LogP contribution in [0.4, 0.5) is 16.3 Å². The Kier molecular flexibility index (Phi) is 11.0. The molecule has 1 aliphatic heterocycles. The summed E-state index contributed by atoms with van der Waals surface area (Å²) in [5.74, 6) is -0.0430. The molecule has 1 atom stereocenters. The number of hydrogen-bond donors (Lipinski definition) is 4. The number of H-pyrrole nitrogens is 2. The molecule has 5 N–H and O–H groups in total. The number of aromatic nitrogens is 3. The molecular formula is C39H50N8O5. The molecular weight excluding hydrogens is 660 g/mol. The fourth-order valence-electron chi connectivity index (χ4n) is 7.21. The number of alkyl carbamates (subject to hydrolysis) is 1. The van der Waals surface area contributed by atoms with Crippen molar-refractivity contribution in [1.82, 2.24) is 25.2 Å². The third kappa shape index (κ3) is 9.00. The van der Waals surface area contributed by atoms with Crippen LogP contribution >= 0.6 is 0 Å². The molecule has 13 nitrogen and oxygen atoms in total.